The topological polar surface area (TPSA) is 147 Å². The molecule has 0 spiro atoms. The van der Waals surface area contributed by atoms with Gasteiger partial charge in [0.05, 0.1) is 5.69 Å². The van der Waals surface area contributed by atoms with Crippen molar-refractivity contribution in [3.05, 3.63) is 58.4 Å². The number of ether oxygens (including phenoxy) is 5. The van der Waals surface area contributed by atoms with Crippen molar-refractivity contribution in [2.75, 3.05) is 4.90 Å². The van der Waals surface area contributed by atoms with Gasteiger partial charge in [-0.25, -0.2) is 4.99 Å². The van der Waals surface area contributed by atoms with Crippen molar-refractivity contribution in [1.82, 2.24) is 0 Å². The predicted octanol–water partition coefficient (Wildman–Crippen LogP) is 3.27. The lowest BCUT2D eigenvalue weighted by molar-refractivity contribution is -0.280. The summed E-state index contributed by atoms with van der Waals surface area (Å²) in [7, 11) is 0. The molecule has 216 valence electrons. The highest BCUT2D eigenvalue weighted by Gasteiger charge is 2.54. The third-order valence-corrected chi connectivity index (χ3v) is 7.44. The minimum atomic E-state index is -1.55. The van der Waals surface area contributed by atoms with Gasteiger partial charge in [0.25, 0.3) is 5.91 Å². The summed E-state index contributed by atoms with van der Waals surface area (Å²) in [5.74, 6) is -3.51. The molecular weight excluding hydrogens is 576 g/mol. The first-order chi connectivity index (χ1) is 19.5. The van der Waals surface area contributed by atoms with Gasteiger partial charge in [0.1, 0.15) is 5.70 Å². The summed E-state index contributed by atoms with van der Waals surface area (Å²) in [5.41, 5.74) is -0.591. The van der Waals surface area contributed by atoms with Crippen LogP contribution in [0.25, 0.3) is 6.08 Å². The van der Waals surface area contributed by atoms with E-state index in [0.717, 1.165) is 44.3 Å². The molecule has 1 amide bonds. The maximum Gasteiger partial charge on any atom is 0.305 e. The molecule has 0 unspecified atom stereocenters. The predicted molar refractivity (Wildman–Crippen MR) is 148 cm³/mol. The Balaban J connectivity index is 1.77. The molecule has 5 atom stereocenters. The average Bonchev–Trinajstić information content (AvgIpc) is 3.51. The van der Waals surface area contributed by atoms with Crippen LogP contribution in [-0.2, 0) is 47.7 Å². The number of carbonyl (C=O) groups excluding carboxylic acids is 5. The molecule has 0 aliphatic carbocycles. The van der Waals surface area contributed by atoms with Crippen molar-refractivity contribution in [1.29, 1.82) is 0 Å². The van der Waals surface area contributed by atoms with Gasteiger partial charge < -0.3 is 23.7 Å². The number of esters is 4. The molecule has 0 saturated carbocycles. The maximum absolute atomic E-state index is 13.5. The summed E-state index contributed by atoms with van der Waals surface area (Å²) in [5, 5.41) is 2.02. The standard InChI is InChI=1S/C27H26N2O10S2/c1-14(30)35-21-22(36-15(2)31)25(38-17(4)33)39-26(23(21)37-16(3)32)41-27-28-20(13-19-11-8-12-40-19)24(34)29(27)18-9-6-5-7-10-18/h5-13,21-23,25-26H,1-4H3/b20-13-/t21-,22-,23+,25-,26-/m0/s1. The molecule has 1 fully saturated rings. The minimum absolute atomic E-state index is 0.143. The SMILES string of the molecule is CC(=O)O[C@H]1O[C@@H](SC2=N/C(=C\c3cccs3)C(=O)N2c2ccccc2)[C@H](OC(C)=O)[C@@H](OC(C)=O)[C@@H]1OC(C)=O. The summed E-state index contributed by atoms with van der Waals surface area (Å²) in [6, 6.07) is 12.4. The molecule has 0 radical (unpaired) electrons. The number of thioether (sulfide) groups is 1. The van der Waals surface area contributed by atoms with E-state index in [2.05, 4.69) is 4.99 Å². The molecule has 0 N–H and O–H groups in total. The first-order valence-electron chi connectivity index (χ1n) is 12.3. The zero-order valence-electron chi connectivity index (χ0n) is 22.4. The monoisotopic (exact) mass is 602 g/mol. The Morgan fingerprint density at radius 1 is 0.854 bits per heavy atom. The van der Waals surface area contributed by atoms with E-state index in [1.54, 1.807) is 36.4 Å². The molecule has 2 aliphatic rings. The third kappa shape index (κ3) is 7.39. The summed E-state index contributed by atoms with van der Waals surface area (Å²) in [6.07, 6.45) is -4.16. The van der Waals surface area contributed by atoms with Gasteiger partial charge >= 0.3 is 23.9 Å². The molecule has 14 heteroatoms. The first kappa shape index (κ1) is 30.0. The highest BCUT2D eigenvalue weighted by Crippen LogP contribution is 2.39. The molecule has 2 aliphatic heterocycles. The normalized spacial score (nSPS) is 24.9. The molecule has 0 bridgehead atoms. The van der Waals surface area contributed by atoms with E-state index in [1.165, 1.54) is 16.2 Å². The van der Waals surface area contributed by atoms with Gasteiger partial charge in [0.2, 0.25) is 12.4 Å². The molecule has 3 heterocycles. The lowest BCUT2D eigenvalue weighted by Crippen LogP contribution is -2.61. The molecule has 4 rings (SSSR count). The average molecular weight is 603 g/mol. The van der Waals surface area contributed by atoms with E-state index in [-0.39, 0.29) is 10.9 Å². The number of anilines is 1. The number of carbonyl (C=O) groups is 5. The number of hydrogen-bond acceptors (Lipinski definition) is 13. The highest BCUT2D eigenvalue weighted by molar-refractivity contribution is 8.14. The minimum Gasteiger partial charge on any atom is -0.455 e. The van der Waals surface area contributed by atoms with Crippen LogP contribution in [-0.4, -0.2) is 65.0 Å². The van der Waals surface area contributed by atoms with E-state index < -0.39 is 59.8 Å². The van der Waals surface area contributed by atoms with E-state index in [0.29, 0.717) is 5.69 Å². The molecule has 1 saturated heterocycles. The first-order valence-corrected chi connectivity index (χ1v) is 14.0. The molecule has 2 aromatic rings. The van der Waals surface area contributed by atoms with Gasteiger partial charge in [-0.15, -0.1) is 11.3 Å². The smallest absolute Gasteiger partial charge is 0.305 e. The van der Waals surface area contributed by atoms with Crippen molar-refractivity contribution in [3.63, 3.8) is 0 Å². The number of hydrogen-bond donors (Lipinski definition) is 0. The zero-order valence-corrected chi connectivity index (χ0v) is 24.0. The molecule has 41 heavy (non-hydrogen) atoms. The van der Waals surface area contributed by atoms with Crippen LogP contribution in [0.15, 0.2) is 58.5 Å². The van der Waals surface area contributed by atoms with E-state index in [1.807, 2.05) is 17.5 Å². The van der Waals surface area contributed by atoms with Crippen molar-refractivity contribution in [2.24, 2.45) is 4.99 Å². The van der Waals surface area contributed by atoms with Crippen LogP contribution in [0, 0.1) is 0 Å². The number of amides is 1. The van der Waals surface area contributed by atoms with Crippen LogP contribution in [0.5, 0.6) is 0 Å². The van der Waals surface area contributed by atoms with Crippen LogP contribution in [0.3, 0.4) is 0 Å². The summed E-state index contributed by atoms with van der Waals surface area (Å²) >= 11 is 2.31. The van der Waals surface area contributed by atoms with Crippen molar-refractivity contribution in [2.45, 2.75) is 57.7 Å². The van der Waals surface area contributed by atoms with Crippen molar-refractivity contribution in [3.8, 4) is 0 Å². The number of benzene rings is 1. The fourth-order valence-electron chi connectivity index (χ4n) is 4.08. The van der Waals surface area contributed by atoms with Gasteiger partial charge in [-0.05, 0) is 29.7 Å². The Kier molecular flexibility index (Phi) is 9.57. The second kappa shape index (κ2) is 13.1. The largest absolute Gasteiger partial charge is 0.455 e. The third-order valence-electron chi connectivity index (χ3n) is 5.53. The summed E-state index contributed by atoms with van der Waals surface area (Å²) in [6.45, 7) is 4.48. The Bertz CT molecular complexity index is 1380. The van der Waals surface area contributed by atoms with Gasteiger partial charge in [-0.2, -0.15) is 0 Å². The molecule has 12 nitrogen and oxygen atoms in total. The maximum atomic E-state index is 13.5. The van der Waals surface area contributed by atoms with Crippen LogP contribution in [0.2, 0.25) is 0 Å². The lowest BCUT2D eigenvalue weighted by atomic mass is 10.0. The van der Waals surface area contributed by atoms with Crippen LogP contribution >= 0.6 is 23.1 Å². The second-order valence-corrected chi connectivity index (χ2v) is 10.8. The summed E-state index contributed by atoms with van der Waals surface area (Å²) < 4.78 is 27.5. The van der Waals surface area contributed by atoms with Gasteiger partial charge in [-0.3, -0.25) is 28.9 Å². The van der Waals surface area contributed by atoms with Crippen LogP contribution < -0.4 is 4.90 Å². The molecule has 1 aromatic carbocycles. The highest BCUT2D eigenvalue weighted by atomic mass is 32.2. The van der Waals surface area contributed by atoms with Crippen LogP contribution in [0.4, 0.5) is 5.69 Å². The number of nitrogens with zero attached hydrogens (tertiary/aromatic N) is 2. The number of para-hydroxylation sites is 1. The molecular formula is C27H26N2O10S2. The summed E-state index contributed by atoms with van der Waals surface area (Å²) in [4.78, 5) is 68.4. The Morgan fingerprint density at radius 2 is 1.46 bits per heavy atom. The number of aliphatic imine (C=N–C) groups is 1. The van der Waals surface area contributed by atoms with Gasteiger partial charge in [0.15, 0.2) is 22.8 Å². The van der Waals surface area contributed by atoms with E-state index in [9.17, 15) is 24.0 Å². The van der Waals surface area contributed by atoms with Gasteiger partial charge in [-0.1, -0.05) is 36.0 Å². The second-order valence-electron chi connectivity index (χ2n) is 8.74. The number of rotatable bonds is 7. The quantitative estimate of drug-likeness (QED) is 0.261. The Hall–Kier alpha value is -4.01. The van der Waals surface area contributed by atoms with Crippen LogP contribution in [0.1, 0.15) is 32.6 Å². The Morgan fingerprint density at radius 3 is 2.05 bits per heavy atom. The fraction of sp³-hybridized carbons (Fsp3) is 0.333. The Labute approximate surface area is 243 Å². The van der Waals surface area contributed by atoms with E-state index >= 15 is 0 Å². The fourth-order valence-corrected chi connectivity index (χ4v) is 5.90. The van der Waals surface area contributed by atoms with Crippen molar-refractivity contribution < 1.29 is 47.7 Å². The zero-order chi connectivity index (χ0) is 29.7. The number of thiophene rings is 1. The number of amidine groups is 1. The van der Waals surface area contributed by atoms with E-state index in [4.69, 9.17) is 23.7 Å². The lowest BCUT2D eigenvalue weighted by Gasteiger charge is -2.43. The van der Waals surface area contributed by atoms with Crippen molar-refractivity contribution >= 4 is 69.8 Å². The van der Waals surface area contributed by atoms with Gasteiger partial charge in [0, 0.05) is 32.6 Å². The molecule has 1 aromatic heterocycles.